The van der Waals surface area contributed by atoms with Crippen molar-refractivity contribution in [3.8, 4) is 0 Å². The molecular weight excluding hydrogens is 272 g/mol. The third-order valence-electron chi connectivity index (χ3n) is 4.41. The molecule has 1 aromatic heterocycles. The van der Waals surface area contributed by atoms with Gasteiger partial charge >= 0.3 is 0 Å². The van der Waals surface area contributed by atoms with E-state index in [9.17, 15) is 0 Å². The Bertz CT molecular complexity index is 591. The smallest absolute Gasteiger partial charge is 0.138 e. The second kappa shape index (κ2) is 6.77. The molecule has 0 spiro atoms. The minimum absolute atomic E-state index is 0.828. The van der Waals surface area contributed by atoms with E-state index in [-0.39, 0.29) is 0 Å². The quantitative estimate of drug-likeness (QED) is 0.857. The van der Waals surface area contributed by atoms with Crippen molar-refractivity contribution in [3.63, 3.8) is 0 Å². The molecule has 3 rings (SSSR count). The zero-order chi connectivity index (χ0) is 15.4. The molecule has 2 aromatic rings. The van der Waals surface area contributed by atoms with Crippen LogP contribution in [-0.2, 0) is 0 Å². The highest BCUT2D eigenvalue weighted by Crippen LogP contribution is 2.27. The molecule has 116 valence electrons. The van der Waals surface area contributed by atoms with Crippen LogP contribution in [0.2, 0.25) is 0 Å². The largest absolute Gasteiger partial charge is 0.356 e. The van der Waals surface area contributed by atoms with Gasteiger partial charge < -0.3 is 9.80 Å². The van der Waals surface area contributed by atoms with Crippen LogP contribution in [0, 0.1) is 5.92 Å². The first-order valence-electron chi connectivity index (χ1n) is 8.17. The Morgan fingerprint density at radius 1 is 1.14 bits per heavy atom. The van der Waals surface area contributed by atoms with Gasteiger partial charge in [0.2, 0.25) is 0 Å². The summed E-state index contributed by atoms with van der Waals surface area (Å²) in [6, 6.07) is 12.5. The Kier molecular flexibility index (Phi) is 4.56. The van der Waals surface area contributed by atoms with E-state index >= 15 is 0 Å². The highest BCUT2D eigenvalue weighted by atomic mass is 15.2. The number of nitrogens with zero attached hydrogens (tertiary/aromatic N) is 4. The average molecular weight is 296 g/mol. The first kappa shape index (κ1) is 14.8. The van der Waals surface area contributed by atoms with Crippen molar-refractivity contribution in [2.45, 2.75) is 26.7 Å². The molecule has 1 fully saturated rings. The number of aromatic nitrogens is 2. The van der Waals surface area contributed by atoms with Crippen molar-refractivity contribution in [1.29, 1.82) is 0 Å². The molecule has 0 aliphatic carbocycles. The predicted octanol–water partition coefficient (Wildman–Crippen LogP) is 3.87. The molecule has 1 aliphatic heterocycles. The van der Waals surface area contributed by atoms with E-state index in [1.165, 1.54) is 18.5 Å². The standard InChI is InChI=1S/C18H24N4/c1-3-22(16-7-5-4-6-8-16)18-13-17(19-14-20-18)21-11-9-15(2)10-12-21/h4-8,13-15H,3,9-12H2,1-2H3. The van der Waals surface area contributed by atoms with E-state index in [0.29, 0.717) is 0 Å². The van der Waals surface area contributed by atoms with Crippen LogP contribution in [0.4, 0.5) is 17.3 Å². The Hall–Kier alpha value is -2.10. The molecule has 22 heavy (non-hydrogen) atoms. The molecule has 0 saturated carbocycles. The number of anilines is 3. The fourth-order valence-electron chi connectivity index (χ4n) is 2.98. The summed E-state index contributed by atoms with van der Waals surface area (Å²) in [6.45, 7) is 7.55. The lowest BCUT2D eigenvalue weighted by molar-refractivity contribution is 0.436. The molecule has 0 atom stereocenters. The molecule has 1 saturated heterocycles. The van der Waals surface area contributed by atoms with Crippen LogP contribution in [0.3, 0.4) is 0 Å². The molecule has 0 bridgehead atoms. The second-order valence-electron chi connectivity index (χ2n) is 5.98. The summed E-state index contributed by atoms with van der Waals surface area (Å²) >= 11 is 0. The monoisotopic (exact) mass is 296 g/mol. The fraction of sp³-hybridized carbons (Fsp3) is 0.444. The first-order chi connectivity index (χ1) is 10.8. The third kappa shape index (κ3) is 3.21. The van der Waals surface area contributed by atoms with Gasteiger partial charge in [-0.3, -0.25) is 0 Å². The maximum atomic E-state index is 4.49. The van der Waals surface area contributed by atoms with Crippen molar-refractivity contribution in [3.05, 3.63) is 42.7 Å². The first-order valence-corrected chi connectivity index (χ1v) is 8.17. The second-order valence-corrected chi connectivity index (χ2v) is 5.98. The summed E-state index contributed by atoms with van der Waals surface area (Å²) in [6.07, 6.45) is 4.18. The Balaban J connectivity index is 1.84. The predicted molar refractivity (Wildman–Crippen MR) is 91.8 cm³/mol. The van der Waals surface area contributed by atoms with Crippen LogP contribution in [0.5, 0.6) is 0 Å². The summed E-state index contributed by atoms with van der Waals surface area (Å²) in [4.78, 5) is 13.6. The molecule has 1 aliphatic rings. The lowest BCUT2D eigenvalue weighted by Crippen LogP contribution is -2.33. The summed E-state index contributed by atoms with van der Waals surface area (Å²) in [7, 11) is 0. The van der Waals surface area contributed by atoms with Crippen molar-refractivity contribution in [2.75, 3.05) is 29.4 Å². The zero-order valence-electron chi connectivity index (χ0n) is 13.4. The van der Waals surface area contributed by atoms with Crippen molar-refractivity contribution in [1.82, 2.24) is 9.97 Å². The number of para-hydroxylation sites is 1. The Morgan fingerprint density at radius 2 is 1.86 bits per heavy atom. The highest BCUT2D eigenvalue weighted by Gasteiger charge is 2.18. The van der Waals surface area contributed by atoms with Gasteiger partial charge in [-0.1, -0.05) is 25.1 Å². The maximum absolute atomic E-state index is 4.49. The number of rotatable bonds is 4. The van der Waals surface area contributed by atoms with Gasteiger partial charge in [0.25, 0.3) is 0 Å². The molecule has 0 N–H and O–H groups in total. The number of hydrogen-bond acceptors (Lipinski definition) is 4. The van der Waals surface area contributed by atoms with Gasteiger partial charge in [-0.25, -0.2) is 9.97 Å². The summed E-state index contributed by atoms with van der Waals surface area (Å²) in [5, 5.41) is 0. The van der Waals surface area contributed by atoms with Gasteiger partial charge in [0.05, 0.1) is 0 Å². The van der Waals surface area contributed by atoms with Gasteiger partial charge in [0.1, 0.15) is 18.0 Å². The van der Waals surface area contributed by atoms with E-state index < -0.39 is 0 Å². The van der Waals surface area contributed by atoms with Gasteiger partial charge in [0, 0.05) is 31.4 Å². The van der Waals surface area contributed by atoms with Crippen LogP contribution in [0.15, 0.2) is 42.7 Å². The van der Waals surface area contributed by atoms with Crippen LogP contribution < -0.4 is 9.80 Å². The minimum atomic E-state index is 0.828. The van der Waals surface area contributed by atoms with E-state index in [1.807, 2.05) is 6.07 Å². The van der Waals surface area contributed by atoms with E-state index in [2.05, 4.69) is 63.9 Å². The van der Waals surface area contributed by atoms with Gasteiger partial charge in [-0.15, -0.1) is 0 Å². The Labute approximate surface area is 132 Å². The van der Waals surface area contributed by atoms with Crippen molar-refractivity contribution < 1.29 is 0 Å². The molecule has 4 nitrogen and oxygen atoms in total. The lowest BCUT2D eigenvalue weighted by atomic mass is 9.99. The van der Waals surface area contributed by atoms with E-state index in [1.54, 1.807) is 6.33 Å². The number of piperidine rings is 1. The van der Waals surface area contributed by atoms with Gasteiger partial charge in [-0.05, 0) is 37.8 Å². The molecule has 0 amide bonds. The SMILES string of the molecule is CCN(c1ccccc1)c1cc(N2CCC(C)CC2)ncn1. The third-order valence-corrected chi connectivity index (χ3v) is 4.41. The molecule has 0 radical (unpaired) electrons. The summed E-state index contributed by atoms with van der Waals surface area (Å²) in [5.74, 6) is 2.85. The normalized spacial score (nSPS) is 15.8. The minimum Gasteiger partial charge on any atom is -0.356 e. The average Bonchev–Trinajstić information content (AvgIpc) is 2.57. The fourth-order valence-corrected chi connectivity index (χ4v) is 2.98. The van der Waals surface area contributed by atoms with Crippen LogP contribution in [0.25, 0.3) is 0 Å². The maximum Gasteiger partial charge on any atom is 0.138 e. The van der Waals surface area contributed by atoms with Gasteiger partial charge in [-0.2, -0.15) is 0 Å². The van der Waals surface area contributed by atoms with Crippen LogP contribution in [-0.4, -0.2) is 29.6 Å². The molecule has 4 heteroatoms. The number of hydrogen-bond donors (Lipinski definition) is 0. The zero-order valence-corrected chi connectivity index (χ0v) is 13.4. The summed E-state index contributed by atoms with van der Waals surface area (Å²) < 4.78 is 0. The highest BCUT2D eigenvalue weighted by molar-refractivity contribution is 5.62. The van der Waals surface area contributed by atoms with E-state index in [0.717, 1.165) is 37.2 Å². The van der Waals surface area contributed by atoms with Crippen LogP contribution >= 0.6 is 0 Å². The topological polar surface area (TPSA) is 32.3 Å². The molecular formula is C18H24N4. The molecule has 0 unspecified atom stereocenters. The molecule has 1 aromatic carbocycles. The number of benzene rings is 1. The van der Waals surface area contributed by atoms with Crippen LogP contribution in [0.1, 0.15) is 26.7 Å². The van der Waals surface area contributed by atoms with Crippen molar-refractivity contribution in [2.24, 2.45) is 5.92 Å². The summed E-state index contributed by atoms with van der Waals surface area (Å²) in [5.41, 5.74) is 1.17. The van der Waals surface area contributed by atoms with E-state index in [4.69, 9.17) is 0 Å². The van der Waals surface area contributed by atoms with Gasteiger partial charge in [0.15, 0.2) is 0 Å². The molecule has 2 heterocycles. The van der Waals surface area contributed by atoms with Crippen molar-refractivity contribution >= 4 is 17.3 Å². The Morgan fingerprint density at radius 3 is 2.55 bits per heavy atom. The lowest BCUT2D eigenvalue weighted by Gasteiger charge is -2.31.